The number of hydrogen-bond donors (Lipinski definition) is 10. The highest BCUT2D eigenvalue weighted by Crippen LogP contribution is 2.47. The average molecular weight is 2120 g/mol. The zero-order valence-electron chi connectivity index (χ0n) is 93.7. The van der Waals surface area contributed by atoms with Crippen LogP contribution < -0.4 is 10.9 Å². The summed E-state index contributed by atoms with van der Waals surface area (Å²) < 4.78 is 106. The lowest BCUT2D eigenvalue weighted by atomic mass is 9.77. The first-order chi connectivity index (χ1) is 70.3. The molecule has 2 aliphatic carbocycles. The first-order valence-corrected chi connectivity index (χ1v) is 54.0. The molecule has 10 N–H and O–H groups in total. The maximum atomic E-state index is 14.6. The van der Waals surface area contributed by atoms with Crippen molar-refractivity contribution in [3.05, 3.63) is 110 Å². The second-order valence-electron chi connectivity index (χ2n) is 46.2. The van der Waals surface area contributed by atoms with E-state index in [0.29, 0.717) is 48.6 Å². The normalized spacial score (nSPS) is 39.1. The minimum atomic E-state index is -1.84. The Hall–Kier alpha value is -6.98. The molecule has 2 aromatic carbocycles. The molecule has 848 valence electrons. The molecule has 38 nitrogen and oxygen atoms in total. The molecule has 8 fully saturated rings. The van der Waals surface area contributed by atoms with E-state index in [1.807, 2.05) is 183 Å². The number of benzene rings is 2. The number of carboxylic acids is 2. The fraction of sp³-hybridized carbons (Fsp3) is 0.768. The molecule has 0 amide bonds. The number of aliphatic hydroxyl groups excluding tert-OH is 4. The third-order valence-corrected chi connectivity index (χ3v) is 32.9. The summed E-state index contributed by atoms with van der Waals surface area (Å²) in [5.41, 5.74) is -7.36. The van der Waals surface area contributed by atoms with Gasteiger partial charge in [-0.25, -0.2) is 9.59 Å². The number of carbonyl (C=O) groups is 4. The molecule has 36 atom stereocenters. The Morgan fingerprint density at radius 1 is 0.507 bits per heavy atom. The van der Waals surface area contributed by atoms with Crippen molar-refractivity contribution in [3.63, 3.8) is 0 Å². The summed E-state index contributed by atoms with van der Waals surface area (Å²) in [4.78, 5) is 86.8. The molecular weight excluding hydrogens is 1940 g/mol. The van der Waals surface area contributed by atoms with Crippen LogP contribution in [0.5, 0.6) is 0 Å². The lowest BCUT2D eigenvalue weighted by Crippen LogP contribution is -2.61. The summed E-state index contributed by atoms with van der Waals surface area (Å²) in [5, 5.41) is 116. The lowest BCUT2D eigenvalue weighted by Gasteiger charge is -2.49. The number of ether oxygens (including phenoxy) is 16. The average Bonchev–Trinajstić information content (AvgIpc) is 1.58. The molecule has 38 heteroatoms. The Balaban J connectivity index is 0.000000284. The highest BCUT2D eigenvalue weighted by molar-refractivity contribution is 5.94. The highest BCUT2D eigenvalue weighted by Gasteiger charge is 2.58. The van der Waals surface area contributed by atoms with Crippen molar-refractivity contribution in [1.82, 2.24) is 28.7 Å². The Bertz CT molecular complexity index is 5280. The summed E-state index contributed by atoms with van der Waals surface area (Å²) >= 11 is 0. The summed E-state index contributed by atoms with van der Waals surface area (Å²) in [7, 11) is 14.4. The van der Waals surface area contributed by atoms with E-state index in [1.54, 1.807) is 88.0 Å². The fourth-order valence-corrected chi connectivity index (χ4v) is 23.8. The van der Waals surface area contributed by atoms with Crippen LogP contribution in [-0.4, -0.2) is 387 Å². The molecule has 6 aliphatic heterocycles. The summed E-state index contributed by atoms with van der Waals surface area (Å²) in [6, 6.07) is 9.61. The SMILES string of the molecule is CC[C@H]1OC(=O)[C@H](C)[C@@H](OC2C[C@@](C)(OC)[C@@H](OCCOC=CCc3ccc4c(c3)c(=O)c(C(=O)O)cn4C3CC3)[C@H](C)O2)[C@H](C)[C@@H](O[C@@H]2O[C@H](C)C[C@H](N(C)C)[C@H]2O)[C@](C)(O)C[C@@H](C)CN(C)[C@H](C)[C@H](O)[C@]1(C)O.CC[C@H]1OC(=O)[C@H](C)[C@@H](OC2C[C@@](C)(OC)[C@@H](OCCOCC=Cc3ccc4c(c3)c(=O)c(C(=O)O)cn4C3CC3)[C@H](C)O2)[C@H](C)[C@@H](O[C@@H]2O[C@H](C)C[C@H](N(C)C)[C@H]2O)[C@](C)(O)C[C@@H](C)CN(C)[C@H](C)[C@H](O)[C@]1(C)O. The Labute approximate surface area is 884 Å². The van der Waals surface area contributed by atoms with Crippen LogP contribution in [0, 0.1) is 35.5 Å². The minimum absolute atomic E-state index is 0.157. The second-order valence-corrected chi connectivity index (χ2v) is 46.2. The van der Waals surface area contributed by atoms with Crippen molar-refractivity contribution >= 4 is 51.8 Å². The monoisotopic (exact) mass is 2120 g/mol. The van der Waals surface area contributed by atoms with Gasteiger partial charge in [-0.3, -0.25) is 19.2 Å². The van der Waals surface area contributed by atoms with Crippen molar-refractivity contribution in [2.24, 2.45) is 35.5 Å². The van der Waals surface area contributed by atoms with Gasteiger partial charge in [-0.05, 0) is 263 Å². The third kappa shape index (κ3) is 29.3. The molecule has 2 unspecified atom stereocenters. The van der Waals surface area contributed by atoms with E-state index >= 15 is 0 Å². The molecule has 2 saturated carbocycles. The van der Waals surface area contributed by atoms with Gasteiger partial charge in [-0.15, -0.1) is 0 Å². The standard InChI is InChI=1S/2C56H89N3O16/c2*1-15-43-56(10,67)48(62)35(6)58(13)29-31(2)27-54(8,66)49(75-53-46(61)42(57(11)12)25-32(3)71-53)33(4)47(34(5)52(65)73-43)74-44-28-55(9,68-14)50(36(7)72-44)70-24-23-69-22-16-17-37-18-21-41-39(26-37)45(60)40(51(63)64)30-59(41)38-19-20-38/h16,18,21-22,26,30-36,38,42-44,46-50,53,61-62,66-67H,15,17,19-20,23-25,27-29H2,1-14H3,(H,63,64);16-18,21,26,30-36,38,42-44,46-50,53,61-62,66-67H,15,19-20,22-25,27-29H2,1-14H3,(H,63,64)/t2*31-,32-,33+,34-,35-,36+,42+,43-,44?,46-,47+,48+,49-,50+,53+,54-,55-,56-/m11/s1. The highest BCUT2D eigenvalue weighted by atomic mass is 16.7. The van der Waals surface area contributed by atoms with Gasteiger partial charge in [-0.2, -0.15) is 0 Å². The number of fused-ring (bicyclic) bond motifs is 2. The maximum Gasteiger partial charge on any atom is 0.341 e. The number of aromatic carboxylic acids is 2. The largest absolute Gasteiger partial charge is 0.499 e. The van der Waals surface area contributed by atoms with Gasteiger partial charge in [0.05, 0.1) is 127 Å². The van der Waals surface area contributed by atoms with E-state index < -0.39 is 215 Å². The van der Waals surface area contributed by atoms with Crippen LogP contribution in [0.4, 0.5) is 0 Å². The predicted molar refractivity (Wildman–Crippen MR) is 561 cm³/mol. The topological polar surface area (TPSA) is 475 Å². The molecule has 150 heavy (non-hydrogen) atoms. The molecule has 4 aromatic rings. The number of likely N-dealkylation sites (N-methyl/N-ethyl adjacent to an activating group) is 4. The van der Waals surface area contributed by atoms with Crippen LogP contribution in [0.25, 0.3) is 27.9 Å². The van der Waals surface area contributed by atoms with E-state index in [0.717, 1.165) is 42.3 Å². The van der Waals surface area contributed by atoms with Gasteiger partial charge in [0.1, 0.15) is 77.8 Å². The predicted octanol–water partition coefficient (Wildman–Crippen LogP) is 10.0. The zero-order chi connectivity index (χ0) is 111. The van der Waals surface area contributed by atoms with Crippen molar-refractivity contribution in [3.8, 4) is 0 Å². The molecule has 6 saturated heterocycles. The molecular formula is C112H178N6O32. The van der Waals surface area contributed by atoms with Crippen molar-refractivity contribution in [2.75, 3.05) is 103 Å². The smallest absolute Gasteiger partial charge is 0.341 e. The van der Waals surface area contributed by atoms with Crippen LogP contribution in [0.2, 0.25) is 0 Å². The van der Waals surface area contributed by atoms with E-state index in [2.05, 4.69) is 0 Å². The number of rotatable bonds is 32. The number of allylic oxidation sites excluding steroid dienone is 1. The lowest BCUT2D eigenvalue weighted by molar-refractivity contribution is -0.321. The molecule has 2 aromatic heterocycles. The first-order valence-electron chi connectivity index (χ1n) is 54.0. The van der Waals surface area contributed by atoms with Gasteiger partial charge in [0, 0.05) is 111 Å². The number of carbonyl (C=O) groups excluding carboxylic acids is 2. The number of aromatic nitrogens is 2. The van der Waals surface area contributed by atoms with Gasteiger partial charge >= 0.3 is 23.9 Å². The number of aliphatic hydroxyl groups is 8. The van der Waals surface area contributed by atoms with Gasteiger partial charge < -0.3 is 156 Å². The van der Waals surface area contributed by atoms with Gasteiger partial charge in [0.15, 0.2) is 25.2 Å². The first kappa shape index (κ1) is 123. The Morgan fingerprint density at radius 2 is 0.907 bits per heavy atom. The Morgan fingerprint density at radius 3 is 1.29 bits per heavy atom. The quantitative estimate of drug-likeness (QED) is 0.0123. The van der Waals surface area contributed by atoms with Crippen LogP contribution >= 0.6 is 0 Å². The summed E-state index contributed by atoms with van der Waals surface area (Å²) in [6.07, 6.45) is -2.18. The second kappa shape index (κ2) is 52.0. The maximum absolute atomic E-state index is 14.6. The number of nitrogens with zero attached hydrogens (tertiary/aromatic N) is 6. The van der Waals surface area contributed by atoms with E-state index in [-0.39, 0.29) is 131 Å². The molecule has 0 spiro atoms. The molecule has 12 rings (SSSR count). The molecule has 8 aliphatic rings. The van der Waals surface area contributed by atoms with Crippen molar-refractivity contribution in [1.29, 1.82) is 0 Å². The van der Waals surface area contributed by atoms with E-state index in [9.17, 15) is 79.8 Å². The number of cyclic esters (lactones) is 2. The molecule has 8 heterocycles. The van der Waals surface area contributed by atoms with Crippen LogP contribution in [0.3, 0.4) is 0 Å². The number of carboxylic acid groups (broad SMARTS) is 2. The Kier molecular flexibility index (Phi) is 42.7. The number of pyridine rings is 2. The van der Waals surface area contributed by atoms with Crippen LogP contribution in [0.1, 0.15) is 259 Å². The van der Waals surface area contributed by atoms with E-state index in [4.69, 9.17) is 75.8 Å². The number of hydrogen-bond acceptors (Lipinski definition) is 34. The van der Waals surface area contributed by atoms with Crippen molar-refractivity contribution < 1.29 is 146 Å². The van der Waals surface area contributed by atoms with Crippen LogP contribution in [-0.2, 0) is 91.8 Å². The zero-order valence-corrected chi connectivity index (χ0v) is 93.7. The molecule has 0 bridgehead atoms. The minimum Gasteiger partial charge on any atom is -0.499 e. The van der Waals surface area contributed by atoms with Gasteiger partial charge in [0.2, 0.25) is 10.9 Å². The summed E-state index contributed by atoms with van der Waals surface area (Å²) in [5.74, 6) is -7.97. The van der Waals surface area contributed by atoms with Crippen molar-refractivity contribution in [2.45, 2.75) is 415 Å². The third-order valence-electron chi connectivity index (χ3n) is 32.9. The molecule has 0 radical (unpaired) electrons. The summed E-state index contributed by atoms with van der Waals surface area (Å²) in [6.45, 7) is 37.6. The van der Waals surface area contributed by atoms with Crippen LogP contribution in [0.15, 0.2) is 76.8 Å². The number of esters is 2. The van der Waals surface area contributed by atoms with E-state index in [1.165, 1.54) is 26.2 Å². The fourth-order valence-electron chi connectivity index (χ4n) is 23.8. The van der Waals surface area contributed by atoms with Gasteiger partial charge in [0.25, 0.3) is 0 Å². The number of methoxy groups -OCH3 is 2. The van der Waals surface area contributed by atoms with Gasteiger partial charge in [-0.1, -0.05) is 65.8 Å².